The maximum atomic E-state index is 12.8. The summed E-state index contributed by atoms with van der Waals surface area (Å²) in [7, 11) is -3.35. The van der Waals surface area contributed by atoms with Crippen LogP contribution in [0.4, 0.5) is 24.8 Å². The van der Waals surface area contributed by atoms with Crippen LogP contribution in [0.3, 0.4) is 0 Å². The zero-order valence-electron chi connectivity index (χ0n) is 14.0. The summed E-state index contributed by atoms with van der Waals surface area (Å²) < 4.78 is 61.7. The van der Waals surface area contributed by atoms with E-state index in [4.69, 9.17) is 0 Å². The van der Waals surface area contributed by atoms with Gasteiger partial charge in [-0.05, 0) is 41.5 Å². The second-order valence-electron chi connectivity index (χ2n) is 5.77. The molecule has 0 spiro atoms. The van der Waals surface area contributed by atoms with Gasteiger partial charge in [0.25, 0.3) is 0 Å². The highest BCUT2D eigenvalue weighted by Gasteiger charge is 2.32. The lowest BCUT2D eigenvalue weighted by Crippen LogP contribution is -2.10. The zero-order chi connectivity index (χ0) is 19.7. The van der Waals surface area contributed by atoms with Crippen LogP contribution >= 0.6 is 0 Å². The minimum atomic E-state index is -4.56. The summed E-state index contributed by atoms with van der Waals surface area (Å²) in [5.74, 6) is -0.188. The van der Waals surface area contributed by atoms with Crippen LogP contribution in [0.1, 0.15) is 5.69 Å². The highest BCUT2D eigenvalue weighted by molar-refractivity contribution is 7.90. The lowest BCUT2D eigenvalue weighted by Gasteiger charge is -2.10. The quantitative estimate of drug-likeness (QED) is 0.715. The Labute approximate surface area is 153 Å². The number of hydrogen-bond donors (Lipinski definition) is 1. The Morgan fingerprint density at radius 2 is 1.63 bits per heavy atom. The molecule has 0 atom stereocenters. The molecule has 1 N–H and O–H groups in total. The number of alkyl halides is 3. The lowest BCUT2D eigenvalue weighted by atomic mass is 10.1. The Morgan fingerprint density at radius 1 is 0.963 bits per heavy atom. The van der Waals surface area contributed by atoms with Crippen molar-refractivity contribution in [3.8, 4) is 11.1 Å². The first-order valence-electron chi connectivity index (χ1n) is 7.71. The summed E-state index contributed by atoms with van der Waals surface area (Å²) in [4.78, 5) is 7.44. The first kappa shape index (κ1) is 18.8. The smallest absolute Gasteiger partial charge is 0.324 e. The summed E-state index contributed by atoms with van der Waals surface area (Å²) in [6, 6.07) is 14.0. The molecular formula is C18H14F3N3O2S. The van der Waals surface area contributed by atoms with Gasteiger partial charge in [0.15, 0.2) is 9.84 Å². The van der Waals surface area contributed by atoms with Crippen LogP contribution in [0.15, 0.2) is 65.7 Å². The van der Waals surface area contributed by atoms with E-state index in [2.05, 4.69) is 15.3 Å². The van der Waals surface area contributed by atoms with Crippen molar-refractivity contribution < 1.29 is 21.6 Å². The summed E-state index contributed by atoms with van der Waals surface area (Å²) in [5, 5.41) is 2.73. The fraction of sp³-hybridized carbons (Fsp3) is 0.111. The summed E-state index contributed by atoms with van der Waals surface area (Å²) in [5.41, 5.74) is 0.776. The van der Waals surface area contributed by atoms with Crippen LogP contribution in [0, 0.1) is 0 Å². The van der Waals surface area contributed by atoms with Crippen LogP contribution in [0.5, 0.6) is 0 Å². The number of rotatable bonds is 4. The summed E-state index contributed by atoms with van der Waals surface area (Å²) in [6.07, 6.45) is -2.42. The molecule has 0 amide bonds. The maximum absolute atomic E-state index is 12.8. The second-order valence-corrected chi connectivity index (χ2v) is 7.78. The molecule has 0 unspecified atom stereocenters. The molecule has 0 aliphatic rings. The number of hydrogen-bond acceptors (Lipinski definition) is 5. The molecular weight excluding hydrogens is 379 g/mol. The fourth-order valence-electron chi connectivity index (χ4n) is 2.39. The summed E-state index contributed by atoms with van der Waals surface area (Å²) in [6.45, 7) is 0. The molecule has 0 saturated heterocycles. The molecule has 3 rings (SSSR count). The van der Waals surface area contributed by atoms with Gasteiger partial charge in [-0.25, -0.2) is 18.4 Å². The number of aromatic nitrogens is 2. The molecule has 27 heavy (non-hydrogen) atoms. The van der Waals surface area contributed by atoms with Gasteiger partial charge in [0.2, 0.25) is 5.95 Å². The van der Waals surface area contributed by atoms with Crippen molar-refractivity contribution >= 4 is 21.5 Å². The standard InChI is InChI=1S/C18H14F3N3O2S/c1-27(25,26)15-7-3-5-13(11-15)12-4-2-6-14(10-12)23-17-22-9-8-16(24-17)18(19,20)21/h2-11H,1H3,(H,22,23,24). The molecule has 0 aliphatic carbocycles. The van der Waals surface area contributed by atoms with Crippen molar-refractivity contribution in [3.05, 3.63) is 66.5 Å². The van der Waals surface area contributed by atoms with Gasteiger partial charge in [-0.2, -0.15) is 13.2 Å². The predicted molar refractivity (Wildman–Crippen MR) is 95.3 cm³/mol. The number of sulfone groups is 1. The van der Waals surface area contributed by atoms with Crippen molar-refractivity contribution in [1.29, 1.82) is 0 Å². The molecule has 140 valence electrons. The Morgan fingerprint density at radius 3 is 2.30 bits per heavy atom. The van der Waals surface area contributed by atoms with Gasteiger partial charge < -0.3 is 5.32 Å². The van der Waals surface area contributed by atoms with Gasteiger partial charge in [-0.3, -0.25) is 0 Å². The number of anilines is 2. The van der Waals surface area contributed by atoms with Crippen LogP contribution in [0.2, 0.25) is 0 Å². The molecule has 1 aromatic heterocycles. The van der Waals surface area contributed by atoms with Crippen molar-refractivity contribution in [2.75, 3.05) is 11.6 Å². The molecule has 9 heteroatoms. The van der Waals surface area contributed by atoms with E-state index in [1.165, 1.54) is 12.1 Å². The first-order chi connectivity index (χ1) is 12.6. The monoisotopic (exact) mass is 393 g/mol. The minimum absolute atomic E-state index is 0.180. The van der Waals surface area contributed by atoms with E-state index >= 15 is 0 Å². The van der Waals surface area contributed by atoms with E-state index in [1.807, 2.05) is 0 Å². The van der Waals surface area contributed by atoms with Crippen LogP contribution in [-0.4, -0.2) is 24.6 Å². The second kappa shape index (κ2) is 6.99. The zero-order valence-corrected chi connectivity index (χ0v) is 14.8. The number of benzene rings is 2. The van der Waals surface area contributed by atoms with E-state index in [0.29, 0.717) is 16.8 Å². The molecule has 3 aromatic rings. The average Bonchev–Trinajstić information content (AvgIpc) is 2.61. The van der Waals surface area contributed by atoms with E-state index in [9.17, 15) is 21.6 Å². The molecule has 2 aromatic carbocycles. The van der Waals surface area contributed by atoms with Crippen molar-refractivity contribution in [2.45, 2.75) is 11.1 Å². The highest BCUT2D eigenvalue weighted by atomic mass is 32.2. The van der Waals surface area contributed by atoms with Gasteiger partial charge in [-0.15, -0.1) is 0 Å². The van der Waals surface area contributed by atoms with Crippen LogP contribution in [-0.2, 0) is 16.0 Å². The SMILES string of the molecule is CS(=O)(=O)c1cccc(-c2cccc(Nc3nccc(C(F)(F)F)n3)c2)c1. The van der Waals surface area contributed by atoms with Gasteiger partial charge in [0.1, 0.15) is 5.69 Å². The normalized spacial score (nSPS) is 12.0. The predicted octanol–water partition coefficient (Wildman–Crippen LogP) is 4.31. The minimum Gasteiger partial charge on any atom is -0.324 e. The van der Waals surface area contributed by atoms with Gasteiger partial charge in [0.05, 0.1) is 4.90 Å². The number of halogens is 3. The lowest BCUT2D eigenvalue weighted by molar-refractivity contribution is -0.141. The Balaban J connectivity index is 1.91. The molecule has 5 nitrogen and oxygen atoms in total. The van der Waals surface area contributed by atoms with Gasteiger partial charge >= 0.3 is 6.18 Å². The Hall–Kier alpha value is -2.94. The van der Waals surface area contributed by atoms with Crippen LogP contribution < -0.4 is 5.32 Å². The number of nitrogens with zero attached hydrogens (tertiary/aromatic N) is 2. The summed E-state index contributed by atoms with van der Waals surface area (Å²) >= 11 is 0. The van der Waals surface area contributed by atoms with E-state index in [1.54, 1.807) is 36.4 Å². The molecule has 1 heterocycles. The third-order valence-corrected chi connectivity index (χ3v) is 4.77. The van der Waals surface area contributed by atoms with Crippen LogP contribution in [0.25, 0.3) is 11.1 Å². The number of nitrogens with one attached hydrogen (secondary N) is 1. The van der Waals surface area contributed by atoms with Gasteiger partial charge in [0, 0.05) is 18.1 Å². The average molecular weight is 393 g/mol. The largest absolute Gasteiger partial charge is 0.433 e. The third-order valence-electron chi connectivity index (χ3n) is 3.66. The molecule has 0 radical (unpaired) electrons. The van der Waals surface area contributed by atoms with Crippen molar-refractivity contribution in [2.24, 2.45) is 0 Å². The van der Waals surface area contributed by atoms with E-state index < -0.39 is 21.7 Å². The first-order valence-corrected chi connectivity index (χ1v) is 9.60. The Bertz CT molecular complexity index is 1080. The molecule has 0 fully saturated rings. The fourth-order valence-corrected chi connectivity index (χ4v) is 3.06. The Kier molecular flexibility index (Phi) is 4.88. The van der Waals surface area contributed by atoms with Gasteiger partial charge in [-0.1, -0.05) is 24.3 Å². The molecule has 0 saturated carbocycles. The van der Waals surface area contributed by atoms with E-state index in [-0.39, 0.29) is 10.8 Å². The third kappa shape index (κ3) is 4.62. The maximum Gasteiger partial charge on any atom is 0.433 e. The highest BCUT2D eigenvalue weighted by Crippen LogP contribution is 2.29. The molecule has 0 bridgehead atoms. The van der Waals surface area contributed by atoms with Crippen molar-refractivity contribution in [1.82, 2.24) is 9.97 Å². The van der Waals surface area contributed by atoms with E-state index in [0.717, 1.165) is 18.5 Å². The van der Waals surface area contributed by atoms with Crippen molar-refractivity contribution in [3.63, 3.8) is 0 Å². The molecule has 0 aliphatic heterocycles. The topological polar surface area (TPSA) is 72.0 Å².